The van der Waals surface area contributed by atoms with Crippen molar-refractivity contribution in [2.75, 3.05) is 0 Å². The van der Waals surface area contributed by atoms with Gasteiger partial charge in [0.2, 0.25) is 6.33 Å². The van der Waals surface area contributed by atoms with Gasteiger partial charge in [0.05, 0.1) is 17.8 Å². The van der Waals surface area contributed by atoms with Gasteiger partial charge in [0.15, 0.2) is 0 Å². The lowest BCUT2D eigenvalue weighted by molar-refractivity contribution is -0.394. The second-order valence-electron chi connectivity index (χ2n) is 5.50. The van der Waals surface area contributed by atoms with Gasteiger partial charge in [-0.2, -0.15) is 9.78 Å². The maximum Gasteiger partial charge on any atom is 0.490 e. The van der Waals surface area contributed by atoms with Crippen LogP contribution < -0.4 is 5.43 Å². The minimum atomic E-state index is -0.701. The molecule has 1 heterocycles. The van der Waals surface area contributed by atoms with Gasteiger partial charge in [-0.25, -0.2) is 5.43 Å². The van der Waals surface area contributed by atoms with E-state index in [-0.39, 0.29) is 17.9 Å². The average Bonchev–Trinajstić information content (AvgIpc) is 3.08. The number of carbonyl (C=O) groups excluding carboxylic acids is 1. The highest BCUT2D eigenvalue weighted by Gasteiger charge is 2.14. The number of nitrogens with one attached hydrogen (secondary N) is 1. The predicted molar refractivity (Wildman–Crippen MR) is 92.9 cm³/mol. The molecule has 26 heavy (non-hydrogen) atoms. The average molecular weight is 354 g/mol. The van der Waals surface area contributed by atoms with E-state index < -0.39 is 16.8 Å². The van der Waals surface area contributed by atoms with E-state index in [0.717, 1.165) is 10.8 Å². The Kier molecular flexibility index (Phi) is 4.56. The first-order valence-corrected chi connectivity index (χ1v) is 7.53. The van der Waals surface area contributed by atoms with E-state index >= 15 is 0 Å². The van der Waals surface area contributed by atoms with E-state index in [4.69, 9.17) is 0 Å². The molecule has 10 heteroatoms. The topological polar surface area (TPSA) is 136 Å². The summed E-state index contributed by atoms with van der Waals surface area (Å²) >= 11 is 0. The Labute approximate surface area is 146 Å². The Morgan fingerprint density at radius 1 is 1.35 bits per heavy atom. The zero-order chi connectivity index (χ0) is 18.7. The number of phenols is 1. The third kappa shape index (κ3) is 3.64. The van der Waals surface area contributed by atoms with Crippen molar-refractivity contribution in [3.8, 4) is 5.75 Å². The number of hydrogen-bond acceptors (Lipinski definition) is 7. The summed E-state index contributed by atoms with van der Waals surface area (Å²) < 4.78 is 1.23. The number of carbonyl (C=O) groups is 1. The molecular weight excluding hydrogens is 340 g/mol. The van der Waals surface area contributed by atoms with Gasteiger partial charge in [0.25, 0.3) is 5.91 Å². The van der Waals surface area contributed by atoms with Crippen molar-refractivity contribution in [3.63, 3.8) is 0 Å². The van der Waals surface area contributed by atoms with Gasteiger partial charge in [-0.05, 0) is 34.8 Å². The molecule has 0 spiro atoms. The first-order chi connectivity index (χ1) is 12.4. The normalized spacial score (nSPS) is 11.5. The minimum absolute atomic E-state index is 0.0941. The van der Waals surface area contributed by atoms with Crippen LogP contribution in [0.15, 0.2) is 47.8 Å². The summed E-state index contributed by atoms with van der Waals surface area (Å²) in [7, 11) is 0. The lowest BCUT2D eigenvalue weighted by atomic mass is 10.1. The van der Waals surface area contributed by atoms with Crippen LogP contribution in [0.1, 0.15) is 17.3 Å². The van der Waals surface area contributed by atoms with Crippen molar-refractivity contribution in [2.45, 2.75) is 13.5 Å². The molecule has 0 saturated carbocycles. The molecule has 0 aliphatic heterocycles. The summed E-state index contributed by atoms with van der Waals surface area (Å²) in [5.74, 6) is -1.24. The quantitative estimate of drug-likeness (QED) is 0.408. The van der Waals surface area contributed by atoms with E-state index in [1.807, 2.05) is 24.3 Å². The van der Waals surface area contributed by atoms with Crippen molar-refractivity contribution in [1.82, 2.24) is 20.2 Å². The molecule has 0 atom stereocenters. The number of hydrazone groups is 1. The fourth-order valence-electron chi connectivity index (χ4n) is 2.33. The highest BCUT2D eigenvalue weighted by Crippen LogP contribution is 2.24. The van der Waals surface area contributed by atoms with Gasteiger partial charge in [0.1, 0.15) is 5.75 Å². The van der Waals surface area contributed by atoms with Crippen LogP contribution in [0.4, 0.5) is 5.95 Å². The maximum absolute atomic E-state index is 12.3. The van der Waals surface area contributed by atoms with E-state index in [1.165, 1.54) is 17.1 Å². The molecule has 2 aromatic carbocycles. The lowest BCUT2D eigenvalue weighted by Gasteiger charge is -2.06. The molecule has 0 saturated heterocycles. The lowest BCUT2D eigenvalue weighted by Crippen LogP contribution is -2.20. The van der Waals surface area contributed by atoms with Gasteiger partial charge < -0.3 is 15.2 Å². The van der Waals surface area contributed by atoms with Gasteiger partial charge in [-0.3, -0.25) is 4.79 Å². The molecule has 0 unspecified atom stereocenters. The first kappa shape index (κ1) is 17.0. The van der Waals surface area contributed by atoms with Crippen LogP contribution in [0.5, 0.6) is 5.75 Å². The van der Waals surface area contributed by atoms with Gasteiger partial charge in [-0.1, -0.05) is 29.2 Å². The number of rotatable bonds is 5. The third-order valence-electron chi connectivity index (χ3n) is 3.54. The summed E-state index contributed by atoms with van der Waals surface area (Å²) in [5.41, 5.74) is 2.88. The molecule has 132 valence electrons. The second-order valence-corrected chi connectivity index (χ2v) is 5.50. The standard InChI is InChI=1S/C16H14N6O4/c1-10(8-21-9-17-16(20-21)22(25)26)18-19-15(24)13-6-11-4-2-3-5-12(11)7-14(13)23/h2-7,9,23H,8H2,1H3,(H,19,24). The number of amides is 1. The molecule has 3 aromatic rings. The van der Waals surface area contributed by atoms with Crippen LogP contribution >= 0.6 is 0 Å². The SMILES string of the molecule is CC(Cn1cnc([N+](=O)[O-])n1)=NNC(=O)c1cc2ccccc2cc1O. The zero-order valence-corrected chi connectivity index (χ0v) is 13.7. The minimum Gasteiger partial charge on any atom is -0.507 e. The van der Waals surface area contributed by atoms with Crippen molar-refractivity contribution >= 4 is 28.3 Å². The summed E-state index contributed by atoms with van der Waals surface area (Å²) in [4.78, 5) is 25.6. The van der Waals surface area contributed by atoms with E-state index in [1.54, 1.807) is 13.0 Å². The number of hydrogen-bond donors (Lipinski definition) is 2. The van der Waals surface area contributed by atoms with E-state index in [9.17, 15) is 20.0 Å². The van der Waals surface area contributed by atoms with Gasteiger partial charge in [-0.15, -0.1) is 0 Å². The largest absolute Gasteiger partial charge is 0.507 e. The predicted octanol–water partition coefficient (Wildman–Crippen LogP) is 1.85. The Hall–Kier alpha value is -3.82. The molecule has 10 nitrogen and oxygen atoms in total. The highest BCUT2D eigenvalue weighted by atomic mass is 16.6. The monoisotopic (exact) mass is 354 g/mol. The Morgan fingerprint density at radius 2 is 2.04 bits per heavy atom. The highest BCUT2D eigenvalue weighted by molar-refractivity contribution is 6.01. The molecule has 0 aliphatic carbocycles. The van der Waals surface area contributed by atoms with Crippen LogP contribution in [0, 0.1) is 10.1 Å². The second kappa shape index (κ2) is 6.97. The van der Waals surface area contributed by atoms with Crippen molar-refractivity contribution < 1.29 is 14.8 Å². The molecule has 0 fully saturated rings. The van der Waals surface area contributed by atoms with Gasteiger partial charge >= 0.3 is 5.95 Å². The number of nitrogens with zero attached hydrogens (tertiary/aromatic N) is 5. The van der Waals surface area contributed by atoms with Gasteiger partial charge in [0, 0.05) is 5.10 Å². The fourth-order valence-corrected chi connectivity index (χ4v) is 2.33. The summed E-state index contributed by atoms with van der Waals surface area (Å²) in [6.45, 7) is 1.73. The number of aromatic nitrogens is 3. The van der Waals surface area contributed by atoms with Crippen LogP contribution in [-0.2, 0) is 6.54 Å². The van der Waals surface area contributed by atoms with Crippen LogP contribution in [0.25, 0.3) is 10.8 Å². The zero-order valence-electron chi connectivity index (χ0n) is 13.7. The van der Waals surface area contributed by atoms with E-state index in [0.29, 0.717) is 5.71 Å². The number of aromatic hydroxyl groups is 1. The Morgan fingerprint density at radius 3 is 2.69 bits per heavy atom. The smallest absolute Gasteiger partial charge is 0.490 e. The molecule has 1 aromatic heterocycles. The summed E-state index contributed by atoms with van der Waals surface area (Å²) in [6.07, 6.45) is 1.20. The first-order valence-electron chi connectivity index (χ1n) is 7.53. The molecule has 3 rings (SSSR count). The third-order valence-corrected chi connectivity index (χ3v) is 3.54. The number of fused-ring (bicyclic) bond motifs is 1. The van der Waals surface area contributed by atoms with Crippen molar-refractivity contribution in [1.29, 1.82) is 0 Å². The number of benzene rings is 2. The van der Waals surface area contributed by atoms with E-state index in [2.05, 4.69) is 20.6 Å². The summed E-state index contributed by atoms with van der Waals surface area (Å²) in [5, 5.41) is 29.8. The van der Waals surface area contributed by atoms with Crippen LogP contribution in [0.3, 0.4) is 0 Å². The van der Waals surface area contributed by atoms with Crippen LogP contribution in [-0.4, -0.2) is 36.4 Å². The van der Waals surface area contributed by atoms with Crippen molar-refractivity contribution in [3.05, 3.63) is 58.4 Å². The molecule has 2 N–H and O–H groups in total. The molecule has 1 amide bonds. The van der Waals surface area contributed by atoms with Crippen LogP contribution in [0.2, 0.25) is 0 Å². The Bertz CT molecular complexity index is 1030. The van der Waals surface area contributed by atoms with Crippen molar-refractivity contribution in [2.24, 2.45) is 5.10 Å². The number of nitro groups is 1. The molecule has 0 aliphatic rings. The Balaban J connectivity index is 1.71. The molecule has 0 bridgehead atoms. The fraction of sp³-hybridized carbons (Fsp3) is 0.125. The summed E-state index contributed by atoms with van der Waals surface area (Å²) in [6, 6.07) is 10.4. The maximum atomic E-state index is 12.3. The molecular formula is C16H14N6O4. The molecule has 0 radical (unpaired) electrons. The number of phenolic OH excluding ortho intramolecular Hbond substituents is 1.